The lowest BCUT2D eigenvalue weighted by Crippen LogP contribution is -2.00. The Labute approximate surface area is 64.5 Å². The number of nitrogens with one attached hydrogen (secondary N) is 1. The molecule has 0 saturated heterocycles. The highest BCUT2D eigenvalue weighted by Gasteiger charge is 1.83. The van der Waals surface area contributed by atoms with Crippen LogP contribution in [-0.4, -0.2) is 7.05 Å². The van der Waals surface area contributed by atoms with E-state index in [1.165, 1.54) is 31.4 Å². The Kier molecular flexibility index (Phi) is 6.35. The Morgan fingerprint density at radius 2 is 2.10 bits per heavy atom. The molecular formula is C9H19N. The molecule has 0 aliphatic heterocycles. The van der Waals surface area contributed by atoms with Crippen LogP contribution >= 0.6 is 0 Å². The number of allylic oxidation sites excluding steroid dienone is 2. The van der Waals surface area contributed by atoms with Crippen LogP contribution < -0.4 is 5.32 Å². The molecule has 0 saturated carbocycles. The van der Waals surface area contributed by atoms with Gasteiger partial charge in [0, 0.05) is 12.7 Å². The predicted molar refractivity (Wildman–Crippen MR) is 47.0 cm³/mol. The molecule has 1 nitrogen and oxygen atoms in total. The maximum absolute atomic E-state index is 3.10. The van der Waals surface area contributed by atoms with Gasteiger partial charge in [-0.25, -0.2) is 0 Å². The molecule has 0 radical (unpaired) electrons. The summed E-state index contributed by atoms with van der Waals surface area (Å²) in [4.78, 5) is 0. The van der Waals surface area contributed by atoms with E-state index >= 15 is 0 Å². The third kappa shape index (κ3) is 5.67. The summed E-state index contributed by atoms with van der Waals surface area (Å²) in [5.74, 6) is 0. The van der Waals surface area contributed by atoms with Gasteiger partial charge < -0.3 is 5.32 Å². The fourth-order valence-electron chi connectivity index (χ4n) is 0.815. The number of unbranched alkanes of at least 4 members (excludes halogenated alkanes) is 3. The third-order valence-corrected chi connectivity index (χ3v) is 1.65. The van der Waals surface area contributed by atoms with Crippen molar-refractivity contribution < 1.29 is 0 Å². The fraction of sp³-hybridized carbons (Fsp3) is 0.778. The van der Waals surface area contributed by atoms with Gasteiger partial charge in [-0.15, -0.1) is 0 Å². The van der Waals surface area contributed by atoms with Crippen LogP contribution in [0.2, 0.25) is 0 Å². The van der Waals surface area contributed by atoms with Crippen LogP contribution in [0.1, 0.15) is 39.5 Å². The van der Waals surface area contributed by atoms with Gasteiger partial charge in [-0.2, -0.15) is 0 Å². The molecule has 1 heteroatoms. The van der Waals surface area contributed by atoms with Crippen molar-refractivity contribution in [2.45, 2.75) is 39.5 Å². The van der Waals surface area contributed by atoms with Crippen molar-refractivity contribution in [1.82, 2.24) is 5.32 Å². The van der Waals surface area contributed by atoms with E-state index in [-0.39, 0.29) is 0 Å². The van der Waals surface area contributed by atoms with Crippen LogP contribution in [0.5, 0.6) is 0 Å². The van der Waals surface area contributed by atoms with Crippen molar-refractivity contribution in [3.05, 3.63) is 11.8 Å². The van der Waals surface area contributed by atoms with Crippen LogP contribution in [0.4, 0.5) is 0 Å². The molecule has 0 aromatic rings. The van der Waals surface area contributed by atoms with E-state index in [0.717, 1.165) is 0 Å². The maximum atomic E-state index is 3.10. The quantitative estimate of drug-likeness (QED) is 0.580. The molecule has 10 heavy (non-hydrogen) atoms. The largest absolute Gasteiger partial charge is 0.392 e. The Morgan fingerprint density at radius 3 is 2.60 bits per heavy atom. The summed E-state index contributed by atoms with van der Waals surface area (Å²) in [6, 6.07) is 0. The number of hydrogen-bond acceptors (Lipinski definition) is 1. The van der Waals surface area contributed by atoms with Gasteiger partial charge in [0.15, 0.2) is 0 Å². The Bertz CT molecular complexity index is 94.9. The first-order valence-electron chi connectivity index (χ1n) is 4.15. The van der Waals surface area contributed by atoms with Crippen molar-refractivity contribution in [2.24, 2.45) is 0 Å². The van der Waals surface area contributed by atoms with Crippen LogP contribution in [-0.2, 0) is 0 Å². The van der Waals surface area contributed by atoms with Crippen molar-refractivity contribution in [3.63, 3.8) is 0 Å². The fourth-order valence-corrected chi connectivity index (χ4v) is 0.815. The van der Waals surface area contributed by atoms with E-state index in [2.05, 4.69) is 25.2 Å². The average Bonchev–Trinajstić information content (AvgIpc) is 1.98. The second-order valence-corrected chi connectivity index (χ2v) is 2.63. The van der Waals surface area contributed by atoms with Crippen LogP contribution in [0.25, 0.3) is 0 Å². The normalized spacial score (nSPS) is 11.7. The molecule has 0 rings (SSSR count). The maximum Gasteiger partial charge on any atom is 0.00319 e. The highest BCUT2D eigenvalue weighted by Crippen LogP contribution is 2.00. The summed E-state index contributed by atoms with van der Waals surface area (Å²) in [7, 11) is 1.96. The smallest absolute Gasteiger partial charge is 0.00319 e. The molecule has 0 aromatic carbocycles. The molecule has 0 spiro atoms. The van der Waals surface area contributed by atoms with Crippen molar-refractivity contribution in [3.8, 4) is 0 Å². The molecule has 0 bridgehead atoms. The molecule has 0 fully saturated rings. The Hall–Kier alpha value is -0.460. The van der Waals surface area contributed by atoms with E-state index in [0.29, 0.717) is 0 Å². The molecule has 0 aliphatic rings. The van der Waals surface area contributed by atoms with Crippen molar-refractivity contribution in [2.75, 3.05) is 7.05 Å². The number of rotatable bonds is 5. The summed E-state index contributed by atoms with van der Waals surface area (Å²) in [5, 5.41) is 3.10. The average molecular weight is 141 g/mol. The SMILES string of the molecule is CCCCCC=C(C)NC. The van der Waals surface area contributed by atoms with Gasteiger partial charge in [0.1, 0.15) is 0 Å². The van der Waals surface area contributed by atoms with E-state index in [1.54, 1.807) is 0 Å². The standard InChI is InChI=1S/C9H19N/c1-4-5-6-7-8-9(2)10-3/h8,10H,4-7H2,1-3H3. The van der Waals surface area contributed by atoms with Gasteiger partial charge in [-0.05, 0) is 19.8 Å². The predicted octanol–water partition coefficient (Wildman–Crippen LogP) is 2.69. The lowest BCUT2D eigenvalue weighted by molar-refractivity contribution is 0.724. The lowest BCUT2D eigenvalue weighted by Gasteiger charge is -1.97. The molecule has 0 heterocycles. The summed E-state index contributed by atoms with van der Waals surface area (Å²) >= 11 is 0. The Morgan fingerprint density at radius 1 is 1.40 bits per heavy atom. The topological polar surface area (TPSA) is 12.0 Å². The molecule has 0 amide bonds. The molecule has 60 valence electrons. The van der Waals surface area contributed by atoms with E-state index in [1.807, 2.05) is 7.05 Å². The zero-order chi connectivity index (χ0) is 7.82. The van der Waals surface area contributed by atoms with Gasteiger partial charge in [0.25, 0.3) is 0 Å². The first-order valence-corrected chi connectivity index (χ1v) is 4.15. The molecule has 0 aromatic heterocycles. The van der Waals surface area contributed by atoms with Crippen molar-refractivity contribution >= 4 is 0 Å². The van der Waals surface area contributed by atoms with E-state index in [9.17, 15) is 0 Å². The molecule has 1 N–H and O–H groups in total. The van der Waals surface area contributed by atoms with Gasteiger partial charge in [-0.1, -0.05) is 25.8 Å². The van der Waals surface area contributed by atoms with E-state index in [4.69, 9.17) is 0 Å². The molecule has 0 atom stereocenters. The summed E-state index contributed by atoms with van der Waals surface area (Å²) < 4.78 is 0. The molecule has 0 aliphatic carbocycles. The molecular weight excluding hydrogens is 122 g/mol. The minimum absolute atomic E-state index is 1.22. The minimum atomic E-state index is 1.22. The van der Waals surface area contributed by atoms with Gasteiger partial charge in [0.2, 0.25) is 0 Å². The van der Waals surface area contributed by atoms with Gasteiger partial charge in [0.05, 0.1) is 0 Å². The zero-order valence-corrected chi connectivity index (χ0v) is 7.41. The first kappa shape index (κ1) is 9.54. The first-order chi connectivity index (χ1) is 4.81. The monoisotopic (exact) mass is 141 g/mol. The third-order valence-electron chi connectivity index (χ3n) is 1.65. The zero-order valence-electron chi connectivity index (χ0n) is 7.41. The van der Waals surface area contributed by atoms with E-state index < -0.39 is 0 Å². The second-order valence-electron chi connectivity index (χ2n) is 2.63. The van der Waals surface area contributed by atoms with Crippen molar-refractivity contribution in [1.29, 1.82) is 0 Å². The van der Waals surface area contributed by atoms with Crippen LogP contribution in [0, 0.1) is 0 Å². The van der Waals surface area contributed by atoms with Crippen LogP contribution in [0.15, 0.2) is 11.8 Å². The van der Waals surface area contributed by atoms with Gasteiger partial charge in [-0.3, -0.25) is 0 Å². The summed E-state index contributed by atoms with van der Waals surface area (Å²) in [6.07, 6.45) is 7.48. The minimum Gasteiger partial charge on any atom is -0.392 e. The lowest BCUT2D eigenvalue weighted by atomic mass is 10.2. The number of hydrogen-bond donors (Lipinski definition) is 1. The highest BCUT2D eigenvalue weighted by molar-refractivity contribution is 4.93. The second kappa shape index (κ2) is 6.66. The molecule has 0 unspecified atom stereocenters. The highest BCUT2D eigenvalue weighted by atomic mass is 14.8. The Balaban J connectivity index is 3.16. The summed E-state index contributed by atoms with van der Waals surface area (Å²) in [5.41, 5.74) is 1.29. The van der Waals surface area contributed by atoms with Gasteiger partial charge >= 0.3 is 0 Å². The summed E-state index contributed by atoms with van der Waals surface area (Å²) in [6.45, 7) is 4.33. The van der Waals surface area contributed by atoms with Crippen LogP contribution in [0.3, 0.4) is 0 Å².